The van der Waals surface area contributed by atoms with Crippen LogP contribution in [-0.2, 0) is 16.1 Å². The molecule has 1 aliphatic rings. The van der Waals surface area contributed by atoms with Crippen LogP contribution in [0.4, 0.5) is 0 Å². The van der Waals surface area contributed by atoms with Gasteiger partial charge in [-0.25, -0.2) is 4.98 Å². The summed E-state index contributed by atoms with van der Waals surface area (Å²) in [6.07, 6.45) is 3.58. The zero-order chi connectivity index (χ0) is 18.7. The first-order chi connectivity index (χ1) is 12.5. The van der Waals surface area contributed by atoms with Crippen LogP contribution in [-0.4, -0.2) is 56.8 Å². The minimum atomic E-state index is -0.0549. The topological polar surface area (TPSA) is 58.4 Å². The number of hydrogen-bond donors (Lipinski definition) is 0. The number of carbonyl (C=O) groups is 2. The van der Waals surface area contributed by atoms with E-state index in [0.29, 0.717) is 32.6 Å². The van der Waals surface area contributed by atoms with Crippen molar-refractivity contribution in [3.63, 3.8) is 0 Å². The van der Waals surface area contributed by atoms with Crippen molar-refractivity contribution in [3.8, 4) is 0 Å². The molecule has 1 atom stereocenters. The minimum absolute atomic E-state index is 0.0345. The lowest BCUT2D eigenvalue weighted by molar-refractivity contribution is -0.141. The van der Waals surface area contributed by atoms with Crippen molar-refractivity contribution in [2.45, 2.75) is 32.9 Å². The van der Waals surface area contributed by atoms with Gasteiger partial charge in [0, 0.05) is 32.6 Å². The molecule has 6 heteroatoms. The van der Waals surface area contributed by atoms with Gasteiger partial charge in [0.15, 0.2) is 0 Å². The molecule has 2 aromatic rings. The molecule has 1 aliphatic heterocycles. The molecular formula is C20H26N4O2. The van der Waals surface area contributed by atoms with Crippen molar-refractivity contribution in [2.24, 2.45) is 5.92 Å². The number of amides is 2. The molecule has 3 rings (SSSR count). The first-order valence-corrected chi connectivity index (χ1v) is 9.12. The number of aromatic nitrogens is 2. The molecule has 0 unspecified atom stereocenters. The molecule has 1 aromatic carbocycles. The summed E-state index contributed by atoms with van der Waals surface area (Å²) in [7, 11) is 0. The maximum Gasteiger partial charge on any atom is 0.246 e. The van der Waals surface area contributed by atoms with Gasteiger partial charge in [-0.05, 0) is 24.1 Å². The number of benzene rings is 1. The third-order valence-electron chi connectivity index (χ3n) is 5.09. The second-order valence-electron chi connectivity index (χ2n) is 7.06. The lowest BCUT2D eigenvalue weighted by atomic mass is 9.99. The van der Waals surface area contributed by atoms with Gasteiger partial charge in [0.05, 0.1) is 23.4 Å². The molecule has 0 bridgehead atoms. The quantitative estimate of drug-likeness (QED) is 0.774. The van der Waals surface area contributed by atoms with Crippen LogP contribution in [0.25, 0.3) is 11.0 Å². The maximum atomic E-state index is 12.7. The minimum Gasteiger partial charge on any atom is -0.339 e. The third-order valence-corrected chi connectivity index (χ3v) is 5.09. The van der Waals surface area contributed by atoms with Crippen LogP contribution in [0.2, 0.25) is 0 Å². The number of nitrogens with zero attached hydrogens (tertiary/aromatic N) is 4. The van der Waals surface area contributed by atoms with E-state index in [-0.39, 0.29) is 23.8 Å². The second-order valence-corrected chi connectivity index (χ2v) is 7.06. The van der Waals surface area contributed by atoms with Gasteiger partial charge in [-0.15, -0.1) is 0 Å². The molecule has 1 aromatic heterocycles. The number of hydrogen-bond acceptors (Lipinski definition) is 3. The Morgan fingerprint density at radius 1 is 1.31 bits per heavy atom. The van der Waals surface area contributed by atoms with Crippen LogP contribution in [0.15, 0.2) is 43.2 Å². The fourth-order valence-electron chi connectivity index (χ4n) is 3.56. The van der Waals surface area contributed by atoms with Crippen molar-refractivity contribution < 1.29 is 9.59 Å². The monoisotopic (exact) mass is 354 g/mol. The van der Waals surface area contributed by atoms with Gasteiger partial charge < -0.3 is 14.4 Å². The Morgan fingerprint density at radius 2 is 2.08 bits per heavy atom. The lowest BCUT2D eigenvalue weighted by Gasteiger charge is -2.43. The molecule has 2 amide bonds. The molecule has 2 heterocycles. The normalized spacial score (nSPS) is 17.7. The highest BCUT2D eigenvalue weighted by Gasteiger charge is 2.33. The molecule has 0 spiro atoms. The van der Waals surface area contributed by atoms with Gasteiger partial charge in [-0.2, -0.15) is 0 Å². The molecule has 6 nitrogen and oxygen atoms in total. The van der Waals surface area contributed by atoms with Gasteiger partial charge in [0.2, 0.25) is 11.8 Å². The van der Waals surface area contributed by atoms with Gasteiger partial charge in [-0.1, -0.05) is 32.6 Å². The van der Waals surface area contributed by atoms with Crippen molar-refractivity contribution in [3.05, 3.63) is 43.2 Å². The predicted molar refractivity (Wildman–Crippen MR) is 101 cm³/mol. The van der Waals surface area contributed by atoms with Crippen LogP contribution in [0, 0.1) is 5.92 Å². The number of rotatable bonds is 5. The number of imidazole rings is 1. The van der Waals surface area contributed by atoms with Crippen LogP contribution < -0.4 is 0 Å². The fraction of sp³-hybridized carbons (Fsp3) is 0.450. The van der Waals surface area contributed by atoms with Crippen LogP contribution in [0.3, 0.4) is 0 Å². The smallest absolute Gasteiger partial charge is 0.246 e. The van der Waals surface area contributed by atoms with E-state index in [4.69, 9.17) is 0 Å². The van der Waals surface area contributed by atoms with E-state index >= 15 is 0 Å². The molecule has 0 aliphatic carbocycles. The average Bonchev–Trinajstić information content (AvgIpc) is 3.08. The summed E-state index contributed by atoms with van der Waals surface area (Å²) in [6, 6.07) is 7.96. The van der Waals surface area contributed by atoms with E-state index in [0.717, 1.165) is 11.0 Å². The zero-order valence-electron chi connectivity index (χ0n) is 15.5. The summed E-state index contributed by atoms with van der Waals surface area (Å²) < 4.78 is 2.02. The highest BCUT2D eigenvalue weighted by atomic mass is 16.2. The predicted octanol–water partition coefficient (Wildman–Crippen LogP) is 2.31. The van der Waals surface area contributed by atoms with E-state index in [1.807, 2.05) is 38.6 Å². The van der Waals surface area contributed by atoms with Crippen molar-refractivity contribution in [1.29, 1.82) is 0 Å². The molecule has 0 saturated carbocycles. The average molecular weight is 354 g/mol. The van der Waals surface area contributed by atoms with Crippen molar-refractivity contribution >= 4 is 22.8 Å². The Morgan fingerprint density at radius 3 is 2.81 bits per heavy atom. The van der Waals surface area contributed by atoms with Crippen molar-refractivity contribution in [1.82, 2.24) is 19.4 Å². The van der Waals surface area contributed by atoms with Gasteiger partial charge in [-0.3, -0.25) is 9.59 Å². The van der Waals surface area contributed by atoms with E-state index in [1.165, 1.54) is 6.08 Å². The second kappa shape index (κ2) is 7.72. The van der Waals surface area contributed by atoms with E-state index < -0.39 is 0 Å². The van der Waals surface area contributed by atoms with Crippen LogP contribution in [0.5, 0.6) is 0 Å². The van der Waals surface area contributed by atoms with Crippen LogP contribution >= 0.6 is 0 Å². The highest BCUT2D eigenvalue weighted by molar-refractivity contribution is 5.87. The Balaban J connectivity index is 1.63. The van der Waals surface area contributed by atoms with E-state index in [9.17, 15) is 9.59 Å². The highest BCUT2D eigenvalue weighted by Crippen LogP contribution is 2.19. The molecule has 1 fully saturated rings. The molecule has 0 N–H and O–H groups in total. The Kier molecular flexibility index (Phi) is 5.40. The molecule has 26 heavy (non-hydrogen) atoms. The van der Waals surface area contributed by atoms with Crippen molar-refractivity contribution in [2.75, 3.05) is 19.6 Å². The van der Waals surface area contributed by atoms with Gasteiger partial charge >= 0.3 is 0 Å². The number of aryl methyl sites for hydroxylation is 1. The molecular weight excluding hydrogens is 328 g/mol. The Labute approximate surface area is 154 Å². The maximum absolute atomic E-state index is 12.7. The number of piperazine rings is 1. The Bertz CT molecular complexity index is 811. The first kappa shape index (κ1) is 18.2. The van der Waals surface area contributed by atoms with E-state index in [1.54, 1.807) is 6.33 Å². The Hall–Kier alpha value is -2.63. The summed E-state index contributed by atoms with van der Waals surface area (Å²) in [6.45, 7) is 10.1. The van der Waals surface area contributed by atoms with Crippen LogP contribution in [0.1, 0.15) is 20.3 Å². The number of carbonyl (C=O) groups excluding carboxylic acids is 2. The molecule has 0 radical (unpaired) electrons. The lowest BCUT2D eigenvalue weighted by Crippen LogP contribution is -2.58. The van der Waals surface area contributed by atoms with E-state index in [2.05, 4.69) is 25.4 Å². The summed E-state index contributed by atoms with van der Waals surface area (Å²) in [5.41, 5.74) is 1.98. The molecule has 1 saturated heterocycles. The number of fused-ring (bicyclic) bond motifs is 1. The number of para-hydroxylation sites is 2. The standard InChI is InChI=1S/C20H26N4O2/c1-4-19(25)24-12-11-22(13-18(24)15(2)3)20(26)9-10-23-14-21-16-7-5-6-8-17(16)23/h4-8,14-15,18H,1,9-13H2,2-3H3/t18-/m1/s1. The first-order valence-electron chi connectivity index (χ1n) is 9.12. The largest absolute Gasteiger partial charge is 0.339 e. The summed E-state index contributed by atoms with van der Waals surface area (Å²) in [4.78, 5) is 32.9. The summed E-state index contributed by atoms with van der Waals surface area (Å²) in [5, 5.41) is 0. The summed E-state index contributed by atoms with van der Waals surface area (Å²) in [5.74, 6) is 0.354. The van der Waals surface area contributed by atoms with Gasteiger partial charge in [0.1, 0.15) is 0 Å². The van der Waals surface area contributed by atoms with Gasteiger partial charge in [0.25, 0.3) is 0 Å². The summed E-state index contributed by atoms with van der Waals surface area (Å²) >= 11 is 0. The SMILES string of the molecule is C=CC(=O)N1CCN(C(=O)CCn2cnc3ccccc32)C[C@@H]1C(C)C. The molecule has 138 valence electrons. The third kappa shape index (κ3) is 3.64. The zero-order valence-corrected chi connectivity index (χ0v) is 15.5. The fourth-order valence-corrected chi connectivity index (χ4v) is 3.56.